The fourth-order valence-electron chi connectivity index (χ4n) is 1.77. The van der Waals surface area contributed by atoms with Crippen LogP contribution in [0.1, 0.15) is 10.4 Å². The average Bonchev–Trinajstić information content (AvgIpc) is 2.88. The fourth-order valence-corrected chi connectivity index (χ4v) is 4.48. The summed E-state index contributed by atoms with van der Waals surface area (Å²) in [6.07, 6.45) is 0.481. The van der Waals surface area contributed by atoms with Crippen molar-refractivity contribution in [3.05, 3.63) is 46.8 Å². The minimum absolute atomic E-state index is 0.0216. The van der Waals surface area contributed by atoms with Crippen molar-refractivity contribution in [1.82, 2.24) is 0 Å². The number of anilines is 1. The van der Waals surface area contributed by atoms with Gasteiger partial charge in [-0.3, -0.25) is 4.31 Å². The van der Waals surface area contributed by atoms with E-state index in [1.165, 1.54) is 15.6 Å². The zero-order valence-electron chi connectivity index (χ0n) is 11.4. The van der Waals surface area contributed by atoms with Gasteiger partial charge in [-0.2, -0.15) is 0 Å². The Morgan fingerprint density at radius 2 is 1.80 bits per heavy atom. The molecule has 0 aliphatic rings. The second-order valence-electron chi connectivity index (χ2n) is 4.50. The van der Waals surface area contributed by atoms with Gasteiger partial charge in [-0.15, -0.1) is 11.3 Å². The van der Waals surface area contributed by atoms with E-state index in [0.717, 1.165) is 10.4 Å². The van der Waals surface area contributed by atoms with Crippen molar-refractivity contribution in [2.75, 3.05) is 18.0 Å². The number of hydrogen-bond donors (Lipinski definition) is 1. The van der Waals surface area contributed by atoms with Crippen LogP contribution in [0.4, 0.5) is 5.69 Å². The molecule has 1 aromatic heterocycles. The van der Waals surface area contributed by atoms with Gasteiger partial charge < -0.3 is 5.11 Å². The molecule has 6 heteroatoms. The first kappa shape index (κ1) is 15.0. The van der Waals surface area contributed by atoms with Crippen molar-refractivity contribution < 1.29 is 13.5 Å². The Morgan fingerprint density at radius 1 is 1.15 bits per heavy atom. The van der Waals surface area contributed by atoms with Gasteiger partial charge in [0.1, 0.15) is 4.21 Å². The van der Waals surface area contributed by atoms with Crippen LogP contribution in [0.25, 0.3) is 0 Å². The molecule has 0 spiro atoms. The molecule has 0 fully saturated rings. The molecule has 108 valence electrons. The summed E-state index contributed by atoms with van der Waals surface area (Å²) < 4.78 is 26.6. The van der Waals surface area contributed by atoms with E-state index in [4.69, 9.17) is 5.11 Å². The van der Waals surface area contributed by atoms with Crippen LogP contribution in [-0.4, -0.2) is 27.2 Å². The molecule has 0 saturated carbocycles. The van der Waals surface area contributed by atoms with Crippen LogP contribution in [0.3, 0.4) is 0 Å². The van der Waals surface area contributed by atoms with Crippen molar-refractivity contribution in [3.63, 3.8) is 0 Å². The summed E-state index contributed by atoms with van der Waals surface area (Å²) in [5.41, 5.74) is 1.72. The van der Waals surface area contributed by atoms with Crippen molar-refractivity contribution in [2.24, 2.45) is 0 Å². The van der Waals surface area contributed by atoms with E-state index in [1.54, 1.807) is 31.3 Å². The van der Waals surface area contributed by atoms with E-state index in [1.807, 2.05) is 19.1 Å². The molecular formula is C14H17NO3S2. The number of benzene rings is 1. The standard InChI is InChI=1S/C14H17NO3S2/c1-11-3-5-12(6-4-11)15(2)20(17,18)14-8-7-13(19-14)9-10-16/h3-8,16H,9-10H2,1-2H3. The summed E-state index contributed by atoms with van der Waals surface area (Å²) in [4.78, 5) is 0.864. The van der Waals surface area contributed by atoms with Gasteiger partial charge >= 0.3 is 0 Å². The Labute approximate surface area is 123 Å². The second kappa shape index (κ2) is 5.95. The van der Waals surface area contributed by atoms with E-state index < -0.39 is 10.0 Å². The van der Waals surface area contributed by atoms with Crippen LogP contribution in [0.2, 0.25) is 0 Å². The van der Waals surface area contributed by atoms with Gasteiger partial charge in [-0.25, -0.2) is 8.42 Å². The summed E-state index contributed by atoms with van der Waals surface area (Å²) in [6.45, 7) is 1.98. The first-order valence-electron chi connectivity index (χ1n) is 6.20. The SMILES string of the molecule is Cc1ccc(N(C)S(=O)(=O)c2ccc(CCO)s2)cc1. The van der Waals surface area contributed by atoms with E-state index in [9.17, 15) is 8.42 Å². The molecule has 1 N–H and O–H groups in total. The predicted octanol–water partition coefficient (Wildman–Crippen LogP) is 2.42. The quantitative estimate of drug-likeness (QED) is 0.922. The van der Waals surface area contributed by atoms with Gasteiger partial charge in [0.25, 0.3) is 10.0 Å². The molecule has 1 aromatic carbocycles. The Bertz CT molecular complexity index is 675. The van der Waals surface area contributed by atoms with Crippen LogP contribution in [0.5, 0.6) is 0 Å². The minimum Gasteiger partial charge on any atom is -0.396 e. The van der Waals surface area contributed by atoms with E-state index in [2.05, 4.69) is 0 Å². The van der Waals surface area contributed by atoms with E-state index in [0.29, 0.717) is 16.3 Å². The molecule has 2 rings (SSSR count). The molecule has 0 aliphatic carbocycles. The van der Waals surface area contributed by atoms with Crippen molar-refractivity contribution in [2.45, 2.75) is 17.6 Å². The van der Waals surface area contributed by atoms with Gasteiger partial charge in [0.05, 0.1) is 5.69 Å². The van der Waals surface area contributed by atoms with Crippen LogP contribution in [-0.2, 0) is 16.4 Å². The largest absolute Gasteiger partial charge is 0.396 e. The number of sulfonamides is 1. The Morgan fingerprint density at radius 3 is 2.40 bits per heavy atom. The smallest absolute Gasteiger partial charge is 0.273 e. The van der Waals surface area contributed by atoms with E-state index >= 15 is 0 Å². The maximum Gasteiger partial charge on any atom is 0.273 e. The monoisotopic (exact) mass is 311 g/mol. The Balaban J connectivity index is 2.30. The van der Waals surface area contributed by atoms with Crippen molar-refractivity contribution >= 4 is 27.0 Å². The topological polar surface area (TPSA) is 57.6 Å². The van der Waals surface area contributed by atoms with E-state index in [-0.39, 0.29) is 6.61 Å². The number of thiophene rings is 1. The summed E-state index contributed by atoms with van der Waals surface area (Å²) in [7, 11) is -1.99. The number of hydrogen-bond acceptors (Lipinski definition) is 4. The molecule has 2 aromatic rings. The number of aliphatic hydroxyl groups excluding tert-OH is 1. The van der Waals surface area contributed by atoms with Crippen LogP contribution >= 0.6 is 11.3 Å². The highest BCUT2D eigenvalue weighted by Crippen LogP contribution is 2.27. The molecular weight excluding hydrogens is 294 g/mol. The molecule has 0 radical (unpaired) electrons. The summed E-state index contributed by atoms with van der Waals surface area (Å²) in [5, 5.41) is 8.89. The van der Waals surface area contributed by atoms with Crippen molar-refractivity contribution in [3.8, 4) is 0 Å². The third kappa shape index (κ3) is 3.03. The lowest BCUT2D eigenvalue weighted by molar-refractivity contribution is 0.300. The van der Waals surface area contributed by atoms with Gasteiger partial charge in [-0.05, 0) is 31.2 Å². The highest BCUT2D eigenvalue weighted by molar-refractivity contribution is 7.94. The molecule has 0 bridgehead atoms. The lowest BCUT2D eigenvalue weighted by Gasteiger charge is -2.18. The summed E-state index contributed by atoms with van der Waals surface area (Å²) in [5.74, 6) is 0. The normalized spacial score (nSPS) is 11.6. The van der Waals surface area contributed by atoms with Crippen molar-refractivity contribution in [1.29, 1.82) is 0 Å². The third-order valence-electron chi connectivity index (χ3n) is 3.01. The minimum atomic E-state index is -3.53. The van der Waals surface area contributed by atoms with Crippen LogP contribution in [0.15, 0.2) is 40.6 Å². The molecule has 4 nitrogen and oxygen atoms in total. The lowest BCUT2D eigenvalue weighted by Crippen LogP contribution is -2.25. The average molecular weight is 311 g/mol. The fraction of sp³-hybridized carbons (Fsp3) is 0.286. The van der Waals surface area contributed by atoms with Gasteiger partial charge in [0, 0.05) is 25.0 Å². The molecule has 0 unspecified atom stereocenters. The third-order valence-corrected chi connectivity index (χ3v) is 6.41. The Kier molecular flexibility index (Phi) is 4.47. The highest BCUT2D eigenvalue weighted by Gasteiger charge is 2.23. The summed E-state index contributed by atoms with van der Waals surface area (Å²) in [6, 6.07) is 10.7. The Hall–Kier alpha value is -1.37. The van der Waals surface area contributed by atoms with Gasteiger partial charge in [-0.1, -0.05) is 17.7 Å². The maximum absolute atomic E-state index is 12.5. The second-order valence-corrected chi connectivity index (χ2v) is 7.87. The number of rotatable bonds is 5. The van der Waals surface area contributed by atoms with Gasteiger partial charge in [0.15, 0.2) is 0 Å². The zero-order chi connectivity index (χ0) is 14.8. The first-order valence-corrected chi connectivity index (χ1v) is 8.46. The molecule has 1 heterocycles. The first-order chi connectivity index (χ1) is 9.45. The molecule has 0 amide bonds. The number of aryl methyl sites for hydroxylation is 1. The zero-order valence-corrected chi connectivity index (χ0v) is 13.0. The number of aliphatic hydroxyl groups is 1. The molecule has 0 aliphatic heterocycles. The molecule has 0 saturated heterocycles. The van der Waals surface area contributed by atoms with Gasteiger partial charge in [0.2, 0.25) is 0 Å². The highest BCUT2D eigenvalue weighted by atomic mass is 32.2. The predicted molar refractivity (Wildman–Crippen MR) is 81.9 cm³/mol. The lowest BCUT2D eigenvalue weighted by atomic mass is 10.2. The maximum atomic E-state index is 12.5. The van der Waals surface area contributed by atoms with Crippen LogP contribution in [0, 0.1) is 6.92 Å². The summed E-state index contributed by atoms with van der Waals surface area (Å²) >= 11 is 1.20. The number of nitrogens with zero attached hydrogens (tertiary/aromatic N) is 1. The molecule has 0 atom stereocenters. The molecule has 20 heavy (non-hydrogen) atoms. The van der Waals surface area contributed by atoms with Crippen LogP contribution < -0.4 is 4.31 Å².